The van der Waals surface area contributed by atoms with Crippen LogP contribution >= 0.6 is 11.3 Å². The first kappa shape index (κ1) is 14.7. The van der Waals surface area contributed by atoms with Crippen LogP contribution in [0.1, 0.15) is 11.1 Å². The van der Waals surface area contributed by atoms with Gasteiger partial charge in [-0.15, -0.1) is 11.3 Å². The van der Waals surface area contributed by atoms with E-state index >= 15 is 0 Å². The molecule has 0 aliphatic carbocycles. The Kier molecular flexibility index (Phi) is 4.03. The summed E-state index contributed by atoms with van der Waals surface area (Å²) in [6, 6.07) is 4.10. The number of fused-ring (bicyclic) bond motifs is 1. The molecule has 0 radical (unpaired) electrons. The van der Waals surface area contributed by atoms with Crippen molar-refractivity contribution in [3.63, 3.8) is 0 Å². The average molecular weight is 328 g/mol. The first-order valence-electron chi connectivity index (χ1n) is 7.84. The van der Waals surface area contributed by atoms with Crippen LogP contribution in [0.15, 0.2) is 29.9 Å². The molecule has 6 heteroatoms. The van der Waals surface area contributed by atoms with E-state index in [1.54, 1.807) is 0 Å². The fourth-order valence-corrected chi connectivity index (χ4v) is 4.08. The summed E-state index contributed by atoms with van der Waals surface area (Å²) in [4.78, 5) is 6.59. The molecule has 1 N–H and O–H groups in total. The number of hydrazine groups is 1. The van der Waals surface area contributed by atoms with Crippen molar-refractivity contribution in [1.82, 2.24) is 20.3 Å². The quantitative estimate of drug-likeness (QED) is 0.879. The Bertz CT molecular complexity index is 796. The van der Waals surface area contributed by atoms with Crippen LogP contribution in [-0.4, -0.2) is 48.2 Å². The lowest BCUT2D eigenvalue weighted by atomic mass is 10.1. The summed E-state index contributed by atoms with van der Waals surface area (Å²) >= 11 is 1.81. The minimum absolute atomic E-state index is 0.839. The number of nitrogens with zero attached hydrogens (tertiary/aromatic N) is 3. The molecule has 120 valence electrons. The first-order valence-corrected chi connectivity index (χ1v) is 8.72. The van der Waals surface area contributed by atoms with Crippen molar-refractivity contribution in [2.24, 2.45) is 0 Å². The van der Waals surface area contributed by atoms with Gasteiger partial charge in [0.15, 0.2) is 0 Å². The van der Waals surface area contributed by atoms with Crippen LogP contribution in [-0.2, 0) is 11.3 Å². The number of aromatic nitrogens is 1. The van der Waals surface area contributed by atoms with Gasteiger partial charge < -0.3 is 4.74 Å². The third kappa shape index (κ3) is 2.97. The maximum Gasteiger partial charge on any atom is 0.0794 e. The van der Waals surface area contributed by atoms with Crippen molar-refractivity contribution in [2.45, 2.75) is 6.54 Å². The Morgan fingerprint density at radius 2 is 2.04 bits per heavy atom. The monoisotopic (exact) mass is 328 g/mol. The van der Waals surface area contributed by atoms with Crippen LogP contribution in [0.5, 0.6) is 0 Å². The lowest BCUT2D eigenvalue weighted by molar-refractivity contribution is 0.0341. The molecule has 0 spiro atoms. The number of rotatable bonds is 3. The first-order chi connectivity index (χ1) is 11.3. The van der Waals surface area contributed by atoms with Crippen molar-refractivity contribution in [3.8, 4) is 0 Å². The number of pyridine rings is 1. The van der Waals surface area contributed by atoms with Gasteiger partial charge in [-0.05, 0) is 23.1 Å². The van der Waals surface area contributed by atoms with Gasteiger partial charge in [-0.25, -0.2) is 0 Å². The summed E-state index contributed by atoms with van der Waals surface area (Å²) in [6.07, 6.45) is 5.86. The second-order valence-electron chi connectivity index (χ2n) is 5.85. The van der Waals surface area contributed by atoms with E-state index < -0.39 is 0 Å². The van der Waals surface area contributed by atoms with Crippen molar-refractivity contribution >= 4 is 23.2 Å². The molecular weight excluding hydrogens is 308 g/mol. The molecule has 2 aliphatic heterocycles. The highest BCUT2D eigenvalue weighted by Crippen LogP contribution is 2.12. The Morgan fingerprint density at radius 1 is 1.26 bits per heavy atom. The van der Waals surface area contributed by atoms with Crippen LogP contribution < -0.4 is 15.2 Å². The minimum Gasteiger partial charge on any atom is -0.379 e. The van der Waals surface area contributed by atoms with Crippen molar-refractivity contribution < 1.29 is 4.74 Å². The molecule has 2 aliphatic rings. The van der Waals surface area contributed by atoms with Gasteiger partial charge in [-0.3, -0.25) is 20.3 Å². The fraction of sp³-hybridized carbons (Fsp3) is 0.353. The topological polar surface area (TPSA) is 40.6 Å². The lowest BCUT2D eigenvalue weighted by Crippen LogP contribution is -2.44. The fourth-order valence-electron chi connectivity index (χ4n) is 3.03. The number of nitrogens with one attached hydrogen (secondary N) is 1. The molecule has 1 saturated heterocycles. The standard InChI is InChI=1S/C17H20N4OS/c1-20-11-15-14(10-21-6-8-22-9-7-21)12-23-17(15)16(19-20)13-2-4-18-5-3-13/h2-5,11-12,19H,6-10H2,1H3. The van der Waals surface area contributed by atoms with E-state index in [0.29, 0.717) is 0 Å². The van der Waals surface area contributed by atoms with Gasteiger partial charge in [0.05, 0.1) is 23.4 Å². The number of thiophene rings is 1. The van der Waals surface area contributed by atoms with E-state index in [4.69, 9.17) is 4.74 Å². The van der Waals surface area contributed by atoms with E-state index in [1.165, 1.54) is 20.9 Å². The Morgan fingerprint density at radius 3 is 2.83 bits per heavy atom. The van der Waals surface area contributed by atoms with E-state index in [0.717, 1.165) is 38.5 Å². The van der Waals surface area contributed by atoms with Crippen LogP contribution in [0, 0.1) is 0 Å². The third-order valence-electron chi connectivity index (χ3n) is 4.21. The SMILES string of the molecule is CN1C=c2c(CN3CCOCC3)csc2=C(c2ccncc2)N1. The third-order valence-corrected chi connectivity index (χ3v) is 5.28. The summed E-state index contributed by atoms with van der Waals surface area (Å²) in [5, 5.41) is 5.65. The Hall–Kier alpha value is -1.89. The zero-order chi connectivity index (χ0) is 15.6. The second kappa shape index (κ2) is 6.31. The van der Waals surface area contributed by atoms with Crippen LogP contribution in [0.25, 0.3) is 11.9 Å². The Labute approximate surface area is 139 Å². The predicted octanol–water partition coefficient (Wildman–Crippen LogP) is 0.320. The number of ether oxygens (including phenoxy) is 1. The zero-order valence-corrected chi connectivity index (χ0v) is 14.0. The van der Waals surface area contributed by atoms with Gasteiger partial charge in [0.1, 0.15) is 0 Å². The van der Waals surface area contributed by atoms with Gasteiger partial charge >= 0.3 is 0 Å². The highest BCUT2D eigenvalue weighted by molar-refractivity contribution is 7.08. The summed E-state index contributed by atoms with van der Waals surface area (Å²) in [5.74, 6) is 0. The molecule has 0 amide bonds. The maximum atomic E-state index is 5.45. The molecule has 5 nitrogen and oxygen atoms in total. The summed E-state index contributed by atoms with van der Waals surface area (Å²) < 4.78 is 6.75. The summed E-state index contributed by atoms with van der Waals surface area (Å²) in [5.41, 5.74) is 7.17. The molecule has 2 aromatic rings. The van der Waals surface area contributed by atoms with Crippen molar-refractivity contribution in [2.75, 3.05) is 33.4 Å². The normalized spacial score (nSPS) is 18.3. The van der Waals surface area contributed by atoms with Crippen LogP contribution in [0.4, 0.5) is 0 Å². The van der Waals surface area contributed by atoms with E-state index in [-0.39, 0.29) is 0 Å². The number of hydrogen-bond acceptors (Lipinski definition) is 6. The number of hydrogen-bond donors (Lipinski definition) is 1. The molecule has 1 fully saturated rings. The van der Waals surface area contributed by atoms with Crippen LogP contribution in [0.3, 0.4) is 0 Å². The molecule has 4 heterocycles. The predicted molar refractivity (Wildman–Crippen MR) is 91.8 cm³/mol. The molecular formula is C17H20N4OS. The molecule has 0 atom stereocenters. The lowest BCUT2D eigenvalue weighted by Gasteiger charge is -2.27. The minimum atomic E-state index is 0.839. The highest BCUT2D eigenvalue weighted by atomic mass is 32.1. The van der Waals surface area contributed by atoms with E-state index in [9.17, 15) is 0 Å². The molecule has 23 heavy (non-hydrogen) atoms. The largest absolute Gasteiger partial charge is 0.379 e. The van der Waals surface area contributed by atoms with Gasteiger partial charge in [-0.2, -0.15) is 0 Å². The van der Waals surface area contributed by atoms with Gasteiger partial charge in [-0.1, -0.05) is 0 Å². The maximum absolute atomic E-state index is 5.45. The van der Waals surface area contributed by atoms with E-state index in [1.807, 2.05) is 47.9 Å². The highest BCUT2D eigenvalue weighted by Gasteiger charge is 2.16. The van der Waals surface area contributed by atoms with Gasteiger partial charge in [0, 0.05) is 56.1 Å². The van der Waals surface area contributed by atoms with Crippen LogP contribution in [0.2, 0.25) is 0 Å². The van der Waals surface area contributed by atoms with Gasteiger partial charge in [0.25, 0.3) is 0 Å². The Balaban J connectivity index is 1.75. The molecule has 0 bridgehead atoms. The van der Waals surface area contributed by atoms with Gasteiger partial charge in [0.2, 0.25) is 0 Å². The second-order valence-corrected chi connectivity index (χ2v) is 6.73. The van der Waals surface area contributed by atoms with E-state index in [2.05, 4.69) is 26.9 Å². The zero-order valence-electron chi connectivity index (χ0n) is 13.2. The molecule has 0 aromatic carbocycles. The average Bonchev–Trinajstić information content (AvgIpc) is 2.99. The number of morpholine rings is 1. The molecule has 4 rings (SSSR count). The molecule has 0 saturated carbocycles. The molecule has 2 aromatic heterocycles. The smallest absolute Gasteiger partial charge is 0.0794 e. The molecule has 0 unspecified atom stereocenters. The van der Waals surface area contributed by atoms with Crippen molar-refractivity contribution in [1.29, 1.82) is 0 Å². The van der Waals surface area contributed by atoms with Crippen molar-refractivity contribution in [3.05, 3.63) is 50.8 Å². The summed E-state index contributed by atoms with van der Waals surface area (Å²) in [7, 11) is 2.04. The summed E-state index contributed by atoms with van der Waals surface area (Å²) in [6.45, 7) is 4.69.